The number of guanidine groups is 1. The molecular formula is C20H31ClN4O2. The van der Waals surface area contributed by atoms with Crippen molar-refractivity contribution < 1.29 is 9.84 Å². The van der Waals surface area contributed by atoms with Gasteiger partial charge in [-0.05, 0) is 38.0 Å². The van der Waals surface area contributed by atoms with Crippen LogP contribution in [0.15, 0.2) is 29.3 Å². The molecule has 7 heteroatoms. The predicted molar refractivity (Wildman–Crippen MR) is 110 cm³/mol. The van der Waals surface area contributed by atoms with Crippen LogP contribution in [-0.4, -0.2) is 73.5 Å². The Morgan fingerprint density at radius 3 is 2.89 bits per heavy atom. The average molecular weight is 395 g/mol. The summed E-state index contributed by atoms with van der Waals surface area (Å²) in [7, 11) is 0. The molecule has 1 aliphatic heterocycles. The number of morpholine rings is 1. The van der Waals surface area contributed by atoms with Gasteiger partial charge in [0.05, 0.1) is 25.4 Å². The first kappa shape index (κ1) is 20.4. The minimum absolute atomic E-state index is 0.352. The lowest BCUT2D eigenvalue weighted by atomic mass is 10.1. The van der Waals surface area contributed by atoms with Gasteiger partial charge in [0.25, 0.3) is 0 Å². The molecule has 0 aromatic heterocycles. The van der Waals surface area contributed by atoms with Crippen LogP contribution < -0.4 is 10.6 Å². The molecule has 0 radical (unpaired) electrons. The molecule has 0 spiro atoms. The summed E-state index contributed by atoms with van der Waals surface area (Å²) in [5.74, 6) is 1.22. The van der Waals surface area contributed by atoms with E-state index < -0.39 is 5.60 Å². The Morgan fingerprint density at radius 1 is 1.41 bits per heavy atom. The van der Waals surface area contributed by atoms with Gasteiger partial charge in [0.15, 0.2) is 5.96 Å². The van der Waals surface area contributed by atoms with Crippen molar-refractivity contribution in [2.45, 2.75) is 37.8 Å². The Bertz CT molecular complexity index is 647. The van der Waals surface area contributed by atoms with Crippen LogP contribution in [0.4, 0.5) is 0 Å². The van der Waals surface area contributed by atoms with E-state index in [0.29, 0.717) is 25.0 Å². The number of benzene rings is 1. The van der Waals surface area contributed by atoms with Crippen molar-refractivity contribution in [2.75, 3.05) is 45.9 Å². The van der Waals surface area contributed by atoms with Crippen LogP contribution in [0.1, 0.15) is 31.7 Å². The first-order chi connectivity index (χ1) is 13.0. The summed E-state index contributed by atoms with van der Waals surface area (Å²) in [6.45, 7) is 8.83. The number of hydrogen-bond acceptors (Lipinski definition) is 4. The summed E-state index contributed by atoms with van der Waals surface area (Å²) in [6.07, 6.45) is 1.06. The number of halogens is 1. The Hall–Kier alpha value is -1.34. The van der Waals surface area contributed by atoms with Crippen molar-refractivity contribution in [2.24, 2.45) is 4.99 Å². The SMILES string of the molecule is CCNC(=NCC(C)(O)CN1CCOCC1)NC1CC1c1cccc(Cl)c1. The van der Waals surface area contributed by atoms with Crippen LogP contribution in [0.2, 0.25) is 5.02 Å². The summed E-state index contributed by atoms with van der Waals surface area (Å²) in [5.41, 5.74) is 0.394. The van der Waals surface area contributed by atoms with Gasteiger partial charge in [-0.2, -0.15) is 0 Å². The molecule has 1 aliphatic carbocycles. The van der Waals surface area contributed by atoms with Crippen molar-refractivity contribution in [3.05, 3.63) is 34.9 Å². The second-order valence-corrected chi connectivity index (χ2v) is 8.17. The third-order valence-corrected chi connectivity index (χ3v) is 5.21. The molecule has 2 fully saturated rings. The number of ether oxygens (including phenoxy) is 1. The van der Waals surface area contributed by atoms with Crippen molar-refractivity contribution in [3.8, 4) is 0 Å². The Kier molecular flexibility index (Phi) is 6.98. The summed E-state index contributed by atoms with van der Waals surface area (Å²) in [6, 6.07) is 8.40. The van der Waals surface area contributed by atoms with Gasteiger partial charge in [0, 0.05) is 43.2 Å². The lowest BCUT2D eigenvalue weighted by Gasteiger charge is -2.33. The molecule has 3 atom stereocenters. The van der Waals surface area contributed by atoms with E-state index in [0.717, 1.165) is 50.3 Å². The molecule has 1 heterocycles. The maximum Gasteiger partial charge on any atom is 0.191 e. The van der Waals surface area contributed by atoms with Gasteiger partial charge in [0.1, 0.15) is 0 Å². The standard InChI is InChI=1S/C20H31ClN4O2/c1-3-22-19(23-13-20(2,26)14-25-7-9-27-10-8-25)24-18-12-17(18)15-5-4-6-16(21)11-15/h4-6,11,17-18,26H,3,7-10,12-14H2,1-2H3,(H2,22,23,24). The summed E-state index contributed by atoms with van der Waals surface area (Å²) < 4.78 is 5.37. The van der Waals surface area contributed by atoms with Gasteiger partial charge < -0.3 is 20.5 Å². The number of rotatable bonds is 7. The van der Waals surface area contributed by atoms with Gasteiger partial charge in [-0.1, -0.05) is 23.7 Å². The van der Waals surface area contributed by atoms with E-state index in [-0.39, 0.29) is 0 Å². The molecule has 0 amide bonds. The highest BCUT2D eigenvalue weighted by molar-refractivity contribution is 6.30. The maximum absolute atomic E-state index is 10.7. The molecule has 0 bridgehead atoms. The Balaban J connectivity index is 1.53. The molecule has 2 aliphatic rings. The first-order valence-corrected chi connectivity index (χ1v) is 10.2. The molecule has 3 rings (SSSR count). The second kappa shape index (κ2) is 9.24. The van der Waals surface area contributed by atoms with Crippen LogP contribution >= 0.6 is 11.6 Å². The third-order valence-electron chi connectivity index (χ3n) is 4.98. The first-order valence-electron chi connectivity index (χ1n) is 9.79. The molecule has 1 aromatic carbocycles. The van der Waals surface area contributed by atoms with Gasteiger partial charge in [-0.15, -0.1) is 0 Å². The molecule has 3 N–H and O–H groups in total. The summed E-state index contributed by atoms with van der Waals surface area (Å²) in [5, 5.41) is 18.3. The van der Waals surface area contributed by atoms with Gasteiger partial charge in [-0.3, -0.25) is 9.89 Å². The molecule has 1 saturated heterocycles. The van der Waals surface area contributed by atoms with Crippen LogP contribution in [0.3, 0.4) is 0 Å². The monoisotopic (exact) mass is 394 g/mol. The fourth-order valence-corrected chi connectivity index (χ4v) is 3.69. The van der Waals surface area contributed by atoms with Crippen LogP contribution in [0.25, 0.3) is 0 Å². The lowest BCUT2D eigenvalue weighted by Crippen LogP contribution is -2.48. The number of nitrogens with zero attached hydrogens (tertiary/aromatic N) is 2. The molecule has 1 aromatic rings. The van der Waals surface area contributed by atoms with E-state index in [4.69, 9.17) is 16.3 Å². The van der Waals surface area contributed by atoms with Crippen molar-refractivity contribution in [1.29, 1.82) is 0 Å². The zero-order valence-electron chi connectivity index (χ0n) is 16.2. The summed E-state index contributed by atoms with van der Waals surface area (Å²) in [4.78, 5) is 6.87. The van der Waals surface area contributed by atoms with E-state index in [9.17, 15) is 5.11 Å². The maximum atomic E-state index is 10.7. The highest BCUT2D eigenvalue weighted by atomic mass is 35.5. The number of β-amino-alcohol motifs (C(OH)–C–C–N with tert-alkyl or cyclic N) is 1. The van der Waals surface area contributed by atoms with E-state index in [1.54, 1.807) is 0 Å². The van der Waals surface area contributed by atoms with E-state index in [1.807, 2.05) is 32.0 Å². The van der Waals surface area contributed by atoms with Crippen molar-refractivity contribution in [3.63, 3.8) is 0 Å². The van der Waals surface area contributed by atoms with E-state index in [1.165, 1.54) is 5.56 Å². The zero-order valence-corrected chi connectivity index (χ0v) is 17.0. The molecule has 3 unspecified atom stereocenters. The zero-order chi connectivity index (χ0) is 19.3. The number of hydrogen-bond donors (Lipinski definition) is 3. The highest BCUT2D eigenvalue weighted by Crippen LogP contribution is 2.41. The number of aliphatic hydroxyl groups is 1. The van der Waals surface area contributed by atoms with Gasteiger partial charge in [0.2, 0.25) is 0 Å². The molecule has 6 nitrogen and oxygen atoms in total. The van der Waals surface area contributed by atoms with Crippen molar-refractivity contribution >= 4 is 17.6 Å². The van der Waals surface area contributed by atoms with Gasteiger partial charge >= 0.3 is 0 Å². The number of aliphatic imine (C=N–C) groups is 1. The van der Waals surface area contributed by atoms with E-state index in [2.05, 4.69) is 26.6 Å². The summed E-state index contributed by atoms with van der Waals surface area (Å²) >= 11 is 6.10. The highest BCUT2D eigenvalue weighted by Gasteiger charge is 2.39. The quantitative estimate of drug-likeness (QED) is 0.486. The van der Waals surface area contributed by atoms with Crippen molar-refractivity contribution in [1.82, 2.24) is 15.5 Å². The number of nitrogens with one attached hydrogen (secondary N) is 2. The fraction of sp³-hybridized carbons (Fsp3) is 0.650. The van der Waals surface area contributed by atoms with Gasteiger partial charge in [-0.25, -0.2) is 0 Å². The lowest BCUT2D eigenvalue weighted by molar-refractivity contribution is -0.0180. The van der Waals surface area contributed by atoms with Crippen LogP contribution in [0.5, 0.6) is 0 Å². The third kappa shape index (κ3) is 6.35. The largest absolute Gasteiger partial charge is 0.387 e. The molecule has 150 valence electrons. The van der Waals surface area contributed by atoms with Crippen LogP contribution in [-0.2, 0) is 4.74 Å². The Morgan fingerprint density at radius 2 is 2.19 bits per heavy atom. The average Bonchev–Trinajstić information content (AvgIpc) is 3.40. The minimum atomic E-state index is -0.865. The normalized spacial score (nSPS) is 25.7. The second-order valence-electron chi connectivity index (χ2n) is 7.73. The van der Waals surface area contributed by atoms with Crippen LogP contribution in [0, 0.1) is 0 Å². The molecule has 27 heavy (non-hydrogen) atoms. The minimum Gasteiger partial charge on any atom is -0.387 e. The van der Waals surface area contributed by atoms with E-state index >= 15 is 0 Å². The molecule has 1 saturated carbocycles. The molecular weight excluding hydrogens is 364 g/mol. The smallest absolute Gasteiger partial charge is 0.191 e. The topological polar surface area (TPSA) is 69.1 Å². The predicted octanol–water partition coefficient (Wildman–Crippen LogP) is 1.83. The Labute approximate surface area is 166 Å². The fourth-order valence-electron chi connectivity index (χ4n) is 3.50.